The molecule has 0 amide bonds. The number of thiazole rings is 1. The summed E-state index contributed by atoms with van der Waals surface area (Å²) in [6.45, 7) is 4.20. The van der Waals surface area contributed by atoms with E-state index in [-0.39, 0.29) is 0 Å². The van der Waals surface area contributed by atoms with E-state index in [1.54, 1.807) is 11.3 Å². The number of aromatic nitrogens is 2. The van der Waals surface area contributed by atoms with Gasteiger partial charge in [-0.1, -0.05) is 29.8 Å². The highest BCUT2D eigenvalue weighted by molar-refractivity contribution is 7.15. The number of aryl methyl sites for hydroxylation is 2. The molecule has 0 aliphatic rings. The molecule has 2 nitrogen and oxygen atoms in total. The molecule has 3 rings (SSSR count). The van der Waals surface area contributed by atoms with E-state index in [0.717, 1.165) is 10.7 Å². The molecule has 3 aromatic rings. The van der Waals surface area contributed by atoms with Crippen molar-refractivity contribution in [1.29, 1.82) is 0 Å². The van der Waals surface area contributed by atoms with E-state index >= 15 is 0 Å². The van der Waals surface area contributed by atoms with Crippen LogP contribution in [0, 0.1) is 13.8 Å². The van der Waals surface area contributed by atoms with Crippen LogP contribution in [0.3, 0.4) is 0 Å². The molecular weight excluding hydrogens is 216 g/mol. The van der Waals surface area contributed by atoms with Gasteiger partial charge in [-0.2, -0.15) is 0 Å². The van der Waals surface area contributed by atoms with Gasteiger partial charge in [0.05, 0.1) is 5.69 Å². The molecule has 16 heavy (non-hydrogen) atoms. The van der Waals surface area contributed by atoms with E-state index in [1.165, 1.54) is 16.8 Å². The van der Waals surface area contributed by atoms with Gasteiger partial charge in [-0.3, -0.25) is 4.40 Å². The Morgan fingerprint density at radius 1 is 1.12 bits per heavy atom. The van der Waals surface area contributed by atoms with Gasteiger partial charge in [-0.15, -0.1) is 11.3 Å². The van der Waals surface area contributed by atoms with Crippen LogP contribution in [0.5, 0.6) is 0 Å². The molecule has 2 aromatic heterocycles. The third-order valence-corrected chi connectivity index (χ3v) is 3.69. The molecule has 0 unspecified atom stereocenters. The fourth-order valence-electron chi connectivity index (χ4n) is 1.76. The topological polar surface area (TPSA) is 17.3 Å². The molecule has 80 valence electrons. The monoisotopic (exact) mass is 228 g/mol. The van der Waals surface area contributed by atoms with Crippen molar-refractivity contribution in [2.24, 2.45) is 0 Å². The zero-order valence-electron chi connectivity index (χ0n) is 9.27. The standard InChI is InChI=1S/C13H12N2S/c1-9-3-5-11(6-4-9)12-7-15-10(2)8-16-13(15)14-12/h3-8H,1-2H3. The maximum Gasteiger partial charge on any atom is 0.194 e. The van der Waals surface area contributed by atoms with Crippen molar-refractivity contribution in [1.82, 2.24) is 9.38 Å². The van der Waals surface area contributed by atoms with Crippen LogP contribution in [0.1, 0.15) is 11.3 Å². The molecule has 0 saturated carbocycles. The normalized spacial score (nSPS) is 11.1. The van der Waals surface area contributed by atoms with Crippen LogP contribution in [0.4, 0.5) is 0 Å². The Bertz CT molecular complexity index is 632. The molecule has 0 N–H and O–H groups in total. The Kier molecular flexibility index (Phi) is 2.07. The summed E-state index contributed by atoms with van der Waals surface area (Å²) in [4.78, 5) is 5.68. The van der Waals surface area contributed by atoms with Gasteiger partial charge < -0.3 is 0 Å². The molecule has 0 aliphatic heterocycles. The molecule has 3 heteroatoms. The van der Waals surface area contributed by atoms with Gasteiger partial charge in [0.2, 0.25) is 0 Å². The van der Waals surface area contributed by atoms with E-state index in [9.17, 15) is 0 Å². The van der Waals surface area contributed by atoms with Crippen molar-refractivity contribution in [2.45, 2.75) is 13.8 Å². The van der Waals surface area contributed by atoms with Crippen LogP contribution >= 0.6 is 11.3 Å². The summed E-state index contributed by atoms with van der Waals surface area (Å²) in [5, 5.41) is 2.13. The molecule has 0 aliphatic carbocycles. The summed E-state index contributed by atoms with van der Waals surface area (Å²) >= 11 is 1.68. The van der Waals surface area contributed by atoms with Gasteiger partial charge in [0.15, 0.2) is 4.96 Å². The first kappa shape index (κ1) is 9.60. The van der Waals surface area contributed by atoms with Crippen molar-refractivity contribution in [3.05, 3.63) is 47.1 Å². The SMILES string of the molecule is Cc1ccc(-c2cn3c(C)csc3n2)cc1. The van der Waals surface area contributed by atoms with Crippen LogP contribution in [0.25, 0.3) is 16.2 Å². The third-order valence-electron chi connectivity index (χ3n) is 2.74. The minimum atomic E-state index is 1.05. The van der Waals surface area contributed by atoms with Crippen molar-refractivity contribution in [3.63, 3.8) is 0 Å². The largest absolute Gasteiger partial charge is 0.294 e. The van der Waals surface area contributed by atoms with Crippen molar-refractivity contribution in [2.75, 3.05) is 0 Å². The van der Waals surface area contributed by atoms with E-state index in [0.29, 0.717) is 0 Å². The summed E-state index contributed by atoms with van der Waals surface area (Å²) in [6.07, 6.45) is 2.10. The fourth-order valence-corrected chi connectivity index (χ4v) is 2.61. The molecule has 0 atom stereocenters. The van der Waals surface area contributed by atoms with Crippen LogP contribution < -0.4 is 0 Å². The average molecular weight is 228 g/mol. The summed E-state index contributed by atoms with van der Waals surface area (Å²) in [7, 11) is 0. The molecule has 0 radical (unpaired) electrons. The van der Waals surface area contributed by atoms with Crippen molar-refractivity contribution < 1.29 is 0 Å². The number of hydrogen-bond donors (Lipinski definition) is 0. The lowest BCUT2D eigenvalue weighted by Gasteiger charge is -1.96. The Morgan fingerprint density at radius 3 is 2.56 bits per heavy atom. The quantitative estimate of drug-likeness (QED) is 0.621. The molecule has 0 fully saturated rings. The molecule has 0 bridgehead atoms. The number of imidazole rings is 1. The zero-order valence-corrected chi connectivity index (χ0v) is 10.1. The highest BCUT2D eigenvalue weighted by Crippen LogP contribution is 2.23. The lowest BCUT2D eigenvalue weighted by molar-refractivity contribution is 1.13. The second kappa shape index (κ2) is 3.46. The van der Waals surface area contributed by atoms with Gasteiger partial charge in [0.25, 0.3) is 0 Å². The van der Waals surface area contributed by atoms with E-state index in [1.807, 2.05) is 0 Å². The zero-order chi connectivity index (χ0) is 11.1. The first-order chi connectivity index (χ1) is 7.74. The number of hydrogen-bond acceptors (Lipinski definition) is 2. The van der Waals surface area contributed by atoms with Gasteiger partial charge in [-0.05, 0) is 13.8 Å². The number of rotatable bonds is 1. The number of nitrogens with zero attached hydrogens (tertiary/aromatic N) is 2. The Labute approximate surface area is 98.2 Å². The van der Waals surface area contributed by atoms with Crippen LogP contribution in [0.15, 0.2) is 35.8 Å². The highest BCUT2D eigenvalue weighted by atomic mass is 32.1. The first-order valence-electron chi connectivity index (χ1n) is 5.24. The maximum atomic E-state index is 4.61. The van der Waals surface area contributed by atoms with E-state index in [2.05, 4.69) is 59.1 Å². The predicted octanol–water partition coefficient (Wildman–Crippen LogP) is 3.68. The molecular formula is C13H12N2S. The Hall–Kier alpha value is -1.61. The first-order valence-corrected chi connectivity index (χ1v) is 6.12. The maximum absolute atomic E-state index is 4.61. The molecule has 0 spiro atoms. The van der Waals surface area contributed by atoms with E-state index in [4.69, 9.17) is 0 Å². The van der Waals surface area contributed by atoms with Crippen LogP contribution in [0.2, 0.25) is 0 Å². The lowest BCUT2D eigenvalue weighted by atomic mass is 10.1. The second-order valence-corrected chi connectivity index (χ2v) is 4.86. The Balaban J connectivity index is 2.15. The smallest absolute Gasteiger partial charge is 0.194 e. The summed E-state index contributed by atoms with van der Waals surface area (Å²) in [5.41, 5.74) is 4.75. The second-order valence-electron chi connectivity index (χ2n) is 4.02. The molecule has 1 aromatic carbocycles. The summed E-state index contributed by atoms with van der Waals surface area (Å²) < 4.78 is 2.14. The number of fused-ring (bicyclic) bond motifs is 1. The summed E-state index contributed by atoms with van der Waals surface area (Å²) in [6, 6.07) is 8.49. The van der Waals surface area contributed by atoms with Crippen LogP contribution in [-0.4, -0.2) is 9.38 Å². The van der Waals surface area contributed by atoms with Gasteiger partial charge >= 0.3 is 0 Å². The van der Waals surface area contributed by atoms with Crippen molar-refractivity contribution in [3.8, 4) is 11.3 Å². The minimum absolute atomic E-state index is 1.05. The van der Waals surface area contributed by atoms with Gasteiger partial charge in [0, 0.05) is 22.8 Å². The Morgan fingerprint density at radius 2 is 1.88 bits per heavy atom. The third kappa shape index (κ3) is 1.44. The van der Waals surface area contributed by atoms with Crippen molar-refractivity contribution >= 4 is 16.3 Å². The van der Waals surface area contributed by atoms with Gasteiger partial charge in [-0.25, -0.2) is 4.98 Å². The molecule has 2 heterocycles. The lowest BCUT2D eigenvalue weighted by Crippen LogP contribution is -1.79. The highest BCUT2D eigenvalue weighted by Gasteiger charge is 2.06. The average Bonchev–Trinajstić information content (AvgIpc) is 2.83. The molecule has 0 saturated heterocycles. The fraction of sp³-hybridized carbons (Fsp3) is 0.154. The van der Waals surface area contributed by atoms with E-state index < -0.39 is 0 Å². The van der Waals surface area contributed by atoms with Crippen LogP contribution in [-0.2, 0) is 0 Å². The predicted molar refractivity (Wildman–Crippen MR) is 68.0 cm³/mol. The number of benzene rings is 1. The van der Waals surface area contributed by atoms with Gasteiger partial charge in [0.1, 0.15) is 0 Å². The minimum Gasteiger partial charge on any atom is -0.294 e. The summed E-state index contributed by atoms with van der Waals surface area (Å²) in [5.74, 6) is 0.